The molecule has 2 atom stereocenters. The molecule has 0 saturated heterocycles. The second kappa shape index (κ2) is 8.43. The zero-order chi connectivity index (χ0) is 19.4. The highest BCUT2D eigenvalue weighted by Gasteiger charge is 2.22. The molecular formula is C21H21ClFN3O. The van der Waals surface area contributed by atoms with Crippen LogP contribution in [0.3, 0.4) is 0 Å². The van der Waals surface area contributed by atoms with Gasteiger partial charge in [0, 0.05) is 25.1 Å². The van der Waals surface area contributed by atoms with Gasteiger partial charge in [0.1, 0.15) is 22.6 Å². The van der Waals surface area contributed by atoms with E-state index in [0.717, 1.165) is 5.56 Å². The third kappa shape index (κ3) is 4.41. The van der Waals surface area contributed by atoms with Gasteiger partial charge < -0.3 is 15.5 Å². The topological polar surface area (TPSA) is 64.1 Å². The van der Waals surface area contributed by atoms with Gasteiger partial charge >= 0.3 is 0 Å². The van der Waals surface area contributed by atoms with Crippen molar-refractivity contribution in [3.05, 3.63) is 58.4 Å². The molecule has 0 bridgehead atoms. The van der Waals surface area contributed by atoms with Gasteiger partial charge in [0.15, 0.2) is 5.58 Å². The summed E-state index contributed by atoms with van der Waals surface area (Å²) in [6, 6.07) is 11.0. The lowest BCUT2D eigenvalue weighted by molar-refractivity contribution is 0.296. The van der Waals surface area contributed by atoms with Crippen molar-refractivity contribution in [1.29, 1.82) is 0 Å². The number of furan rings is 1. The third-order valence-corrected chi connectivity index (χ3v) is 4.46. The van der Waals surface area contributed by atoms with Crippen LogP contribution in [0.1, 0.15) is 30.7 Å². The molecule has 0 aliphatic carbocycles. The van der Waals surface area contributed by atoms with Crippen LogP contribution in [-0.2, 0) is 13.0 Å². The highest BCUT2D eigenvalue weighted by molar-refractivity contribution is 6.30. The molecule has 0 aliphatic rings. The van der Waals surface area contributed by atoms with Gasteiger partial charge in [-0.3, -0.25) is 0 Å². The summed E-state index contributed by atoms with van der Waals surface area (Å²) in [5.74, 6) is 6.38. The van der Waals surface area contributed by atoms with Gasteiger partial charge in [0.25, 0.3) is 0 Å². The quantitative estimate of drug-likeness (QED) is 0.477. The van der Waals surface area contributed by atoms with Crippen LogP contribution in [0.4, 0.5) is 10.1 Å². The SMILES string of the molecule is CC#Cc1c(C[C@@H](N)[C@H](C)F)oc2c(NCc3ccccc3)cc(Cl)nc12. The van der Waals surface area contributed by atoms with E-state index in [0.29, 0.717) is 39.8 Å². The minimum absolute atomic E-state index is 0.230. The number of nitrogens with zero attached hydrogens (tertiary/aromatic N) is 1. The fourth-order valence-electron chi connectivity index (χ4n) is 2.78. The number of alkyl halides is 1. The van der Waals surface area contributed by atoms with E-state index in [1.807, 2.05) is 30.3 Å². The van der Waals surface area contributed by atoms with Crippen molar-refractivity contribution in [2.75, 3.05) is 5.32 Å². The van der Waals surface area contributed by atoms with Crippen LogP contribution in [0.5, 0.6) is 0 Å². The van der Waals surface area contributed by atoms with E-state index in [9.17, 15) is 4.39 Å². The molecule has 4 nitrogen and oxygen atoms in total. The van der Waals surface area contributed by atoms with Crippen molar-refractivity contribution in [1.82, 2.24) is 4.98 Å². The van der Waals surface area contributed by atoms with Crippen LogP contribution in [-0.4, -0.2) is 17.2 Å². The molecule has 0 unspecified atom stereocenters. The lowest BCUT2D eigenvalue weighted by Gasteiger charge is -2.10. The van der Waals surface area contributed by atoms with E-state index < -0.39 is 12.2 Å². The van der Waals surface area contributed by atoms with Crippen molar-refractivity contribution in [3.63, 3.8) is 0 Å². The summed E-state index contributed by atoms with van der Waals surface area (Å²) >= 11 is 6.22. The molecule has 0 aliphatic heterocycles. The monoisotopic (exact) mass is 385 g/mol. The Balaban J connectivity index is 2.02. The summed E-state index contributed by atoms with van der Waals surface area (Å²) in [6.07, 6.45) is -0.929. The number of rotatable bonds is 6. The van der Waals surface area contributed by atoms with Crippen LogP contribution < -0.4 is 11.1 Å². The van der Waals surface area contributed by atoms with E-state index in [1.165, 1.54) is 6.92 Å². The molecule has 0 amide bonds. The van der Waals surface area contributed by atoms with Crippen molar-refractivity contribution in [3.8, 4) is 11.8 Å². The molecule has 3 rings (SSSR count). The molecule has 27 heavy (non-hydrogen) atoms. The van der Waals surface area contributed by atoms with Crippen LogP contribution >= 0.6 is 11.6 Å². The zero-order valence-corrected chi connectivity index (χ0v) is 16.0. The maximum Gasteiger partial charge on any atom is 0.177 e. The van der Waals surface area contributed by atoms with Gasteiger partial charge in [-0.1, -0.05) is 47.9 Å². The number of nitrogens with two attached hydrogens (primary N) is 1. The molecule has 0 spiro atoms. The summed E-state index contributed by atoms with van der Waals surface area (Å²) in [6.45, 7) is 3.75. The number of fused-ring (bicyclic) bond motifs is 1. The van der Waals surface area contributed by atoms with Gasteiger partial charge in [-0.25, -0.2) is 9.37 Å². The smallest absolute Gasteiger partial charge is 0.177 e. The maximum atomic E-state index is 13.6. The number of hydrogen-bond acceptors (Lipinski definition) is 4. The Morgan fingerprint density at radius 1 is 1.33 bits per heavy atom. The first-order chi connectivity index (χ1) is 13.0. The van der Waals surface area contributed by atoms with Gasteiger partial charge in [-0.15, -0.1) is 5.92 Å². The van der Waals surface area contributed by atoms with Crippen molar-refractivity contribution in [2.24, 2.45) is 5.73 Å². The number of nitrogens with one attached hydrogen (secondary N) is 1. The number of benzene rings is 1. The molecule has 2 aromatic heterocycles. The average Bonchev–Trinajstić information content (AvgIpc) is 2.98. The first-order valence-corrected chi connectivity index (χ1v) is 9.09. The number of anilines is 1. The van der Waals surface area contributed by atoms with Gasteiger partial charge in [0.05, 0.1) is 11.3 Å². The fourth-order valence-corrected chi connectivity index (χ4v) is 2.97. The van der Waals surface area contributed by atoms with Gasteiger partial charge in [0.2, 0.25) is 0 Å². The van der Waals surface area contributed by atoms with E-state index in [-0.39, 0.29) is 6.42 Å². The highest BCUT2D eigenvalue weighted by atomic mass is 35.5. The van der Waals surface area contributed by atoms with Crippen LogP contribution in [0.25, 0.3) is 11.1 Å². The second-order valence-electron chi connectivity index (χ2n) is 6.33. The molecule has 0 saturated carbocycles. The molecular weight excluding hydrogens is 365 g/mol. The summed E-state index contributed by atoms with van der Waals surface area (Å²) in [5.41, 5.74) is 9.43. The van der Waals surface area contributed by atoms with Gasteiger partial charge in [-0.2, -0.15) is 0 Å². The van der Waals surface area contributed by atoms with Crippen molar-refractivity contribution >= 4 is 28.4 Å². The zero-order valence-electron chi connectivity index (χ0n) is 15.2. The highest BCUT2D eigenvalue weighted by Crippen LogP contribution is 2.33. The second-order valence-corrected chi connectivity index (χ2v) is 6.72. The van der Waals surface area contributed by atoms with Crippen LogP contribution in [0.2, 0.25) is 5.15 Å². The summed E-state index contributed by atoms with van der Waals surface area (Å²) in [4.78, 5) is 4.38. The first-order valence-electron chi connectivity index (χ1n) is 8.71. The van der Waals surface area contributed by atoms with E-state index in [4.69, 9.17) is 21.8 Å². The minimum atomic E-state index is -1.16. The molecule has 2 heterocycles. The summed E-state index contributed by atoms with van der Waals surface area (Å²) in [7, 11) is 0. The molecule has 3 N–H and O–H groups in total. The van der Waals surface area contributed by atoms with E-state index in [1.54, 1.807) is 13.0 Å². The lowest BCUT2D eigenvalue weighted by atomic mass is 10.1. The number of halogens is 2. The van der Waals surface area contributed by atoms with Crippen LogP contribution in [0, 0.1) is 11.8 Å². The molecule has 3 aromatic rings. The first kappa shape index (κ1) is 19.2. The third-order valence-electron chi connectivity index (χ3n) is 4.27. The van der Waals surface area contributed by atoms with E-state index in [2.05, 4.69) is 22.1 Å². The predicted molar refractivity (Wildman–Crippen MR) is 108 cm³/mol. The van der Waals surface area contributed by atoms with Crippen molar-refractivity contribution in [2.45, 2.75) is 39.0 Å². The van der Waals surface area contributed by atoms with E-state index >= 15 is 0 Å². The Morgan fingerprint density at radius 3 is 2.74 bits per heavy atom. The predicted octanol–water partition coefficient (Wildman–Crippen LogP) is 4.69. The summed E-state index contributed by atoms with van der Waals surface area (Å²) < 4.78 is 19.6. The normalized spacial score (nSPS) is 13.1. The lowest BCUT2D eigenvalue weighted by Crippen LogP contribution is -2.31. The largest absolute Gasteiger partial charge is 0.456 e. The molecule has 0 radical (unpaired) electrons. The number of aromatic nitrogens is 1. The summed E-state index contributed by atoms with van der Waals surface area (Å²) in [5, 5.41) is 3.66. The van der Waals surface area contributed by atoms with Gasteiger partial charge in [-0.05, 0) is 19.4 Å². The maximum absolute atomic E-state index is 13.6. The fraction of sp³-hybridized carbons (Fsp3) is 0.286. The Kier molecular flexibility index (Phi) is 6.00. The average molecular weight is 386 g/mol. The minimum Gasteiger partial charge on any atom is -0.456 e. The van der Waals surface area contributed by atoms with Crippen LogP contribution in [0.15, 0.2) is 40.8 Å². The molecule has 1 aromatic carbocycles. The Bertz CT molecular complexity index is 989. The Hall–Kier alpha value is -2.55. The molecule has 140 valence electrons. The number of hydrogen-bond donors (Lipinski definition) is 2. The van der Waals surface area contributed by atoms with Crippen molar-refractivity contribution < 1.29 is 8.81 Å². The molecule has 6 heteroatoms. The standard InChI is InChI=1S/C21H21ClFN3O/c1-3-7-15-18(10-16(24)13(2)23)27-21-17(11-19(22)26-20(15)21)25-12-14-8-5-4-6-9-14/h4-6,8-9,11,13,16H,10,12,24H2,1-2H3,(H,25,26)/t13-,16+/m0/s1. The Morgan fingerprint density at radius 2 is 2.07 bits per heavy atom. The number of pyridine rings is 1. The molecule has 0 fully saturated rings. The Labute approximate surface area is 162 Å².